The van der Waals surface area contributed by atoms with Gasteiger partial charge >= 0.3 is 0 Å². The zero-order chi connectivity index (χ0) is 14.3. The van der Waals surface area contributed by atoms with Gasteiger partial charge in [0.2, 0.25) is 0 Å². The van der Waals surface area contributed by atoms with Gasteiger partial charge in [-0.15, -0.1) is 0 Å². The van der Waals surface area contributed by atoms with Gasteiger partial charge in [-0.2, -0.15) is 0 Å². The first-order chi connectivity index (χ1) is 10.4. The first-order valence-electron chi connectivity index (χ1n) is 8.83. The SMILES string of the molecule is c1ccc(C2CC2)c(CNCCCOC2CCCCC2)c1. The summed E-state index contributed by atoms with van der Waals surface area (Å²) >= 11 is 0. The summed E-state index contributed by atoms with van der Waals surface area (Å²) in [6.07, 6.45) is 11.1. The average Bonchev–Trinajstić information content (AvgIpc) is 3.37. The Labute approximate surface area is 129 Å². The number of benzene rings is 1. The summed E-state index contributed by atoms with van der Waals surface area (Å²) in [5.74, 6) is 0.845. The fraction of sp³-hybridized carbons (Fsp3) is 0.684. The number of nitrogens with one attached hydrogen (secondary N) is 1. The Kier molecular flexibility index (Phi) is 5.70. The lowest BCUT2D eigenvalue weighted by atomic mass is 9.98. The normalized spacial score (nSPS) is 19.8. The third-order valence-corrected chi connectivity index (χ3v) is 4.79. The molecule has 0 aromatic heterocycles. The first kappa shape index (κ1) is 15.1. The maximum Gasteiger partial charge on any atom is 0.0575 e. The van der Waals surface area contributed by atoms with Crippen molar-refractivity contribution in [2.75, 3.05) is 13.2 Å². The third-order valence-electron chi connectivity index (χ3n) is 4.79. The zero-order valence-corrected chi connectivity index (χ0v) is 13.2. The molecule has 0 aliphatic heterocycles. The van der Waals surface area contributed by atoms with E-state index in [2.05, 4.69) is 29.6 Å². The van der Waals surface area contributed by atoms with Crippen molar-refractivity contribution in [3.8, 4) is 0 Å². The van der Waals surface area contributed by atoms with Gasteiger partial charge in [-0.25, -0.2) is 0 Å². The molecule has 0 spiro atoms. The Morgan fingerprint density at radius 3 is 2.62 bits per heavy atom. The number of rotatable bonds is 8. The number of hydrogen-bond donors (Lipinski definition) is 1. The summed E-state index contributed by atoms with van der Waals surface area (Å²) in [5, 5.41) is 3.58. The van der Waals surface area contributed by atoms with E-state index in [1.807, 2.05) is 0 Å². The van der Waals surface area contributed by atoms with Crippen molar-refractivity contribution in [2.45, 2.75) is 69.9 Å². The highest BCUT2D eigenvalue weighted by Crippen LogP contribution is 2.41. The predicted molar refractivity (Wildman–Crippen MR) is 87.6 cm³/mol. The second kappa shape index (κ2) is 7.95. The van der Waals surface area contributed by atoms with Crippen LogP contribution in [-0.4, -0.2) is 19.3 Å². The minimum atomic E-state index is 0.550. The van der Waals surface area contributed by atoms with E-state index in [-0.39, 0.29) is 0 Å². The van der Waals surface area contributed by atoms with Crippen LogP contribution >= 0.6 is 0 Å². The zero-order valence-electron chi connectivity index (χ0n) is 13.2. The van der Waals surface area contributed by atoms with Crippen LogP contribution in [0.1, 0.15) is 68.4 Å². The van der Waals surface area contributed by atoms with Crippen LogP contribution in [0.4, 0.5) is 0 Å². The van der Waals surface area contributed by atoms with Crippen LogP contribution in [0.5, 0.6) is 0 Å². The monoisotopic (exact) mass is 287 g/mol. The Hall–Kier alpha value is -0.860. The van der Waals surface area contributed by atoms with Gasteiger partial charge in [-0.05, 0) is 55.7 Å². The van der Waals surface area contributed by atoms with Crippen LogP contribution < -0.4 is 5.32 Å². The topological polar surface area (TPSA) is 21.3 Å². The lowest BCUT2D eigenvalue weighted by Crippen LogP contribution is -2.21. The van der Waals surface area contributed by atoms with Crippen LogP contribution in [0, 0.1) is 0 Å². The van der Waals surface area contributed by atoms with Crippen LogP contribution in [0.15, 0.2) is 24.3 Å². The van der Waals surface area contributed by atoms with E-state index in [0.717, 1.165) is 32.0 Å². The molecule has 0 atom stereocenters. The molecule has 2 nitrogen and oxygen atoms in total. The molecule has 0 heterocycles. The van der Waals surface area contributed by atoms with E-state index in [9.17, 15) is 0 Å². The van der Waals surface area contributed by atoms with Crippen molar-refractivity contribution in [3.05, 3.63) is 35.4 Å². The fourth-order valence-electron chi connectivity index (χ4n) is 3.39. The van der Waals surface area contributed by atoms with E-state index < -0.39 is 0 Å². The molecular formula is C19H29NO. The molecule has 0 amide bonds. The van der Waals surface area contributed by atoms with Gasteiger partial charge in [0.1, 0.15) is 0 Å². The third kappa shape index (κ3) is 4.82. The van der Waals surface area contributed by atoms with Crippen molar-refractivity contribution in [1.29, 1.82) is 0 Å². The molecule has 0 saturated heterocycles. The summed E-state index contributed by atoms with van der Waals surface area (Å²) < 4.78 is 5.97. The molecule has 0 bridgehead atoms. The van der Waals surface area contributed by atoms with Gasteiger partial charge in [0.15, 0.2) is 0 Å². The van der Waals surface area contributed by atoms with Crippen molar-refractivity contribution in [1.82, 2.24) is 5.32 Å². The summed E-state index contributed by atoms with van der Waals surface area (Å²) in [7, 11) is 0. The quantitative estimate of drug-likeness (QED) is 0.716. The summed E-state index contributed by atoms with van der Waals surface area (Å²) in [4.78, 5) is 0. The molecule has 0 unspecified atom stereocenters. The highest BCUT2D eigenvalue weighted by molar-refractivity contribution is 5.33. The number of hydrogen-bond acceptors (Lipinski definition) is 2. The summed E-state index contributed by atoms with van der Waals surface area (Å²) in [6.45, 7) is 2.99. The van der Waals surface area contributed by atoms with Crippen molar-refractivity contribution < 1.29 is 4.74 Å². The molecule has 2 heteroatoms. The minimum absolute atomic E-state index is 0.550. The molecule has 2 aliphatic rings. The molecule has 2 saturated carbocycles. The van der Waals surface area contributed by atoms with Crippen molar-refractivity contribution in [2.24, 2.45) is 0 Å². The largest absolute Gasteiger partial charge is 0.378 e. The maximum absolute atomic E-state index is 5.97. The van der Waals surface area contributed by atoms with Gasteiger partial charge < -0.3 is 10.1 Å². The average molecular weight is 287 g/mol. The fourth-order valence-corrected chi connectivity index (χ4v) is 3.39. The van der Waals surface area contributed by atoms with Gasteiger partial charge in [0, 0.05) is 13.2 Å². The highest BCUT2D eigenvalue weighted by Gasteiger charge is 2.25. The molecule has 3 rings (SSSR count). The lowest BCUT2D eigenvalue weighted by Gasteiger charge is -2.22. The van der Waals surface area contributed by atoms with Gasteiger partial charge in [0.25, 0.3) is 0 Å². The molecule has 2 fully saturated rings. The minimum Gasteiger partial charge on any atom is -0.378 e. The van der Waals surface area contributed by atoms with Crippen molar-refractivity contribution >= 4 is 0 Å². The molecule has 1 N–H and O–H groups in total. The van der Waals surface area contributed by atoms with E-state index >= 15 is 0 Å². The molecular weight excluding hydrogens is 258 g/mol. The van der Waals surface area contributed by atoms with E-state index in [1.165, 1.54) is 50.5 Å². The Balaban J connectivity index is 1.29. The Morgan fingerprint density at radius 1 is 1.00 bits per heavy atom. The van der Waals surface area contributed by atoms with E-state index in [1.54, 1.807) is 5.56 Å². The molecule has 1 aromatic carbocycles. The smallest absolute Gasteiger partial charge is 0.0575 e. The highest BCUT2D eigenvalue weighted by atomic mass is 16.5. The molecule has 1 aromatic rings. The maximum atomic E-state index is 5.97. The predicted octanol–water partition coefficient (Wildman–Crippen LogP) is 4.39. The molecule has 21 heavy (non-hydrogen) atoms. The van der Waals surface area contributed by atoms with Crippen molar-refractivity contribution in [3.63, 3.8) is 0 Å². The van der Waals surface area contributed by atoms with Gasteiger partial charge in [-0.3, -0.25) is 0 Å². The number of ether oxygens (including phenoxy) is 1. The standard InChI is InChI=1S/C19H29NO/c1-2-8-18(9-3-1)21-14-6-13-20-15-17-7-4-5-10-19(17)16-11-12-16/h4-5,7,10,16,18,20H,1-3,6,8-9,11-15H2. The Bertz CT molecular complexity index is 421. The molecule has 0 radical (unpaired) electrons. The van der Waals surface area contributed by atoms with Crippen LogP contribution in [0.25, 0.3) is 0 Å². The Morgan fingerprint density at radius 2 is 1.81 bits per heavy atom. The second-order valence-corrected chi connectivity index (χ2v) is 6.63. The van der Waals surface area contributed by atoms with E-state index in [4.69, 9.17) is 4.74 Å². The van der Waals surface area contributed by atoms with Crippen LogP contribution in [0.3, 0.4) is 0 Å². The first-order valence-corrected chi connectivity index (χ1v) is 8.83. The van der Waals surface area contributed by atoms with Crippen LogP contribution in [0.2, 0.25) is 0 Å². The molecule has 116 valence electrons. The van der Waals surface area contributed by atoms with Crippen LogP contribution in [-0.2, 0) is 11.3 Å². The van der Waals surface area contributed by atoms with Gasteiger partial charge in [-0.1, -0.05) is 43.5 Å². The second-order valence-electron chi connectivity index (χ2n) is 6.63. The van der Waals surface area contributed by atoms with E-state index in [0.29, 0.717) is 6.10 Å². The lowest BCUT2D eigenvalue weighted by molar-refractivity contribution is 0.0273. The molecule has 2 aliphatic carbocycles. The summed E-state index contributed by atoms with van der Waals surface area (Å²) in [6, 6.07) is 8.92. The summed E-state index contributed by atoms with van der Waals surface area (Å²) in [5.41, 5.74) is 3.07. The van der Waals surface area contributed by atoms with Gasteiger partial charge in [0.05, 0.1) is 6.10 Å².